The fourth-order valence-corrected chi connectivity index (χ4v) is 4.85. The first kappa shape index (κ1) is 15.4. The lowest BCUT2D eigenvalue weighted by molar-refractivity contribution is 0.212. The van der Waals surface area contributed by atoms with Crippen molar-refractivity contribution in [3.63, 3.8) is 0 Å². The predicted octanol–water partition coefficient (Wildman–Crippen LogP) is 3.23. The minimum absolute atomic E-state index is 0.361. The molecule has 6 heteroatoms. The Kier molecular flexibility index (Phi) is 4.10. The lowest BCUT2D eigenvalue weighted by Gasteiger charge is -2.34. The van der Waals surface area contributed by atoms with Gasteiger partial charge in [0.1, 0.15) is 4.90 Å². The number of hydrogen-bond donors (Lipinski definition) is 0. The van der Waals surface area contributed by atoms with Crippen molar-refractivity contribution in [1.29, 1.82) is 0 Å². The molecule has 1 saturated heterocycles. The molecule has 1 saturated carbocycles. The normalized spacial score (nSPS) is 28.0. The van der Waals surface area contributed by atoms with E-state index in [0.717, 1.165) is 25.0 Å². The van der Waals surface area contributed by atoms with Gasteiger partial charge in [-0.05, 0) is 37.2 Å². The molecule has 2 aliphatic rings. The van der Waals surface area contributed by atoms with Crippen LogP contribution in [0.5, 0.6) is 0 Å². The zero-order chi connectivity index (χ0) is 15.2. The fourth-order valence-electron chi connectivity index (χ4n) is 3.03. The summed E-state index contributed by atoms with van der Waals surface area (Å²) >= 11 is 5.97. The quantitative estimate of drug-likeness (QED) is 0.795. The Hall–Kier alpha value is -0.520. The van der Waals surface area contributed by atoms with Crippen LogP contribution in [0, 0.1) is 11.8 Å². The number of aromatic nitrogens is 1. The monoisotopic (exact) mass is 330 g/mol. The van der Waals surface area contributed by atoms with Crippen LogP contribution in [-0.4, -0.2) is 30.4 Å². The fraction of sp³-hybridized carbons (Fsp3) is 0.733. The van der Waals surface area contributed by atoms with E-state index in [4.69, 9.17) is 11.6 Å². The van der Waals surface area contributed by atoms with E-state index in [0.29, 0.717) is 41.7 Å². The first-order valence-corrected chi connectivity index (χ1v) is 9.67. The third-order valence-corrected chi connectivity index (χ3v) is 7.02. The summed E-state index contributed by atoms with van der Waals surface area (Å²) in [4.78, 5) is 0.409. The van der Waals surface area contributed by atoms with Gasteiger partial charge in [0.05, 0.1) is 5.88 Å². The lowest BCUT2D eigenvalue weighted by Crippen LogP contribution is -2.42. The summed E-state index contributed by atoms with van der Waals surface area (Å²) in [5.74, 6) is 1.36. The molecule has 21 heavy (non-hydrogen) atoms. The van der Waals surface area contributed by atoms with Gasteiger partial charge in [0.15, 0.2) is 0 Å². The first-order valence-electron chi connectivity index (χ1n) is 7.70. The van der Waals surface area contributed by atoms with Crippen molar-refractivity contribution in [1.82, 2.24) is 8.87 Å². The molecular formula is C15H23ClN2O2S. The number of alkyl halides is 1. The molecule has 1 aromatic rings. The molecule has 4 nitrogen and oxygen atoms in total. The van der Waals surface area contributed by atoms with Crippen molar-refractivity contribution >= 4 is 21.6 Å². The standard InChI is InChI=1S/C15H23ClN2O2S/c1-11-5-6-17(9-12(11)2)21(19,20)15-7-14(8-16)18(10-15)13-3-4-13/h7,10-13H,3-6,8-9H2,1-2H3. The second-order valence-electron chi connectivity index (χ2n) is 6.55. The second kappa shape index (κ2) is 5.60. The van der Waals surface area contributed by atoms with Gasteiger partial charge in [0.2, 0.25) is 10.0 Å². The highest BCUT2D eigenvalue weighted by atomic mass is 35.5. The van der Waals surface area contributed by atoms with Gasteiger partial charge in [0.25, 0.3) is 0 Å². The molecule has 2 heterocycles. The van der Waals surface area contributed by atoms with E-state index >= 15 is 0 Å². The van der Waals surface area contributed by atoms with Crippen molar-refractivity contribution in [3.05, 3.63) is 18.0 Å². The molecule has 0 aromatic carbocycles. The molecule has 2 unspecified atom stereocenters. The predicted molar refractivity (Wildman–Crippen MR) is 84.0 cm³/mol. The van der Waals surface area contributed by atoms with Gasteiger partial charge in [-0.15, -0.1) is 11.6 Å². The average Bonchev–Trinajstić information content (AvgIpc) is 3.20. The zero-order valence-electron chi connectivity index (χ0n) is 12.6. The maximum absolute atomic E-state index is 12.8. The van der Waals surface area contributed by atoms with Gasteiger partial charge in [-0.25, -0.2) is 8.42 Å². The smallest absolute Gasteiger partial charge is 0.244 e. The molecule has 2 atom stereocenters. The van der Waals surface area contributed by atoms with Gasteiger partial charge in [-0.2, -0.15) is 4.31 Å². The summed E-state index contributed by atoms with van der Waals surface area (Å²) in [7, 11) is -3.38. The Balaban J connectivity index is 1.88. The van der Waals surface area contributed by atoms with Crippen LogP contribution in [0.1, 0.15) is 44.8 Å². The number of hydrogen-bond acceptors (Lipinski definition) is 2. The summed E-state index contributed by atoms with van der Waals surface area (Å²) in [5.41, 5.74) is 0.913. The average molecular weight is 331 g/mol. The van der Waals surface area contributed by atoms with E-state index < -0.39 is 10.0 Å². The Bertz CT molecular complexity index is 622. The van der Waals surface area contributed by atoms with Crippen LogP contribution >= 0.6 is 11.6 Å². The zero-order valence-corrected chi connectivity index (χ0v) is 14.2. The summed E-state index contributed by atoms with van der Waals surface area (Å²) in [6.07, 6.45) is 4.96. The van der Waals surface area contributed by atoms with Crippen LogP contribution in [0.2, 0.25) is 0 Å². The molecule has 3 rings (SSSR count). The largest absolute Gasteiger partial charge is 0.346 e. The molecule has 2 fully saturated rings. The summed E-state index contributed by atoms with van der Waals surface area (Å²) in [6.45, 7) is 5.57. The van der Waals surface area contributed by atoms with Crippen LogP contribution in [0.3, 0.4) is 0 Å². The molecule has 1 aromatic heterocycles. The van der Waals surface area contributed by atoms with Crippen molar-refractivity contribution in [2.24, 2.45) is 11.8 Å². The second-order valence-corrected chi connectivity index (χ2v) is 8.75. The molecule has 0 bridgehead atoms. The van der Waals surface area contributed by atoms with Gasteiger partial charge in [-0.1, -0.05) is 13.8 Å². The topological polar surface area (TPSA) is 42.3 Å². The molecule has 0 amide bonds. The molecule has 1 aliphatic heterocycles. The van der Waals surface area contributed by atoms with Crippen molar-refractivity contribution in [3.8, 4) is 0 Å². The first-order chi connectivity index (χ1) is 9.93. The van der Waals surface area contributed by atoms with E-state index in [1.807, 2.05) is 0 Å². The third kappa shape index (κ3) is 2.88. The maximum Gasteiger partial charge on any atom is 0.244 e. The number of rotatable bonds is 4. The van der Waals surface area contributed by atoms with Crippen molar-refractivity contribution < 1.29 is 8.42 Å². The Morgan fingerprint density at radius 2 is 1.95 bits per heavy atom. The Morgan fingerprint density at radius 3 is 2.52 bits per heavy atom. The number of piperidine rings is 1. The Morgan fingerprint density at radius 1 is 1.24 bits per heavy atom. The van der Waals surface area contributed by atoms with E-state index in [9.17, 15) is 8.42 Å². The van der Waals surface area contributed by atoms with Gasteiger partial charge < -0.3 is 4.57 Å². The van der Waals surface area contributed by atoms with E-state index in [2.05, 4.69) is 18.4 Å². The van der Waals surface area contributed by atoms with Crippen molar-refractivity contribution in [2.45, 2.75) is 49.9 Å². The molecule has 0 radical (unpaired) electrons. The highest BCUT2D eigenvalue weighted by Gasteiger charge is 2.34. The molecular weight excluding hydrogens is 308 g/mol. The SMILES string of the molecule is CC1CCN(S(=O)(=O)c2cc(CCl)n(C3CC3)c2)CC1C. The van der Waals surface area contributed by atoms with Gasteiger partial charge in [-0.3, -0.25) is 0 Å². The van der Waals surface area contributed by atoms with E-state index in [-0.39, 0.29) is 0 Å². The maximum atomic E-state index is 12.8. The molecule has 0 spiro atoms. The molecule has 0 N–H and O–H groups in total. The van der Waals surface area contributed by atoms with E-state index in [1.54, 1.807) is 16.6 Å². The van der Waals surface area contributed by atoms with Crippen LogP contribution in [0.25, 0.3) is 0 Å². The van der Waals surface area contributed by atoms with Crippen molar-refractivity contribution in [2.75, 3.05) is 13.1 Å². The minimum Gasteiger partial charge on any atom is -0.346 e. The highest BCUT2D eigenvalue weighted by molar-refractivity contribution is 7.89. The minimum atomic E-state index is -3.38. The van der Waals surface area contributed by atoms with Crippen LogP contribution in [-0.2, 0) is 15.9 Å². The van der Waals surface area contributed by atoms with Gasteiger partial charge >= 0.3 is 0 Å². The highest BCUT2D eigenvalue weighted by Crippen LogP contribution is 2.38. The van der Waals surface area contributed by atoms with E-state index in [1.165, 1.54) is 0 Å². The molecule has 1 aliphatic carbocycles. The summed E-state index contributed by atoms with van der Waals surface area (Å²) in [6, 6.07) is 2.20. The van der Waals surface area contributed by atoms with Crippen LogP contribution < -0.4 is 0 Å². The summed E-state index contributed by atoms with van der Waals surface area (Å²) < 4.78 is 29.4. The lowest BCUT2D eigenvalue weighted by atomic mass is 9.90. The summed E-state index contributed by atoms with van der Waals surface area (Å²) in [5, 5.41) is 0. The third-order valence-electron chi connectivity index (χ3n) is 4.92. The van der Waals surface area contributed by atoms with Gasteiger partial charge in [0, 0.05) is 31.0 Å². The number of nitrogens with zero attached hydrogens (tertiary/aromatic N) is 2. The number of sulfonamides is 1. The molecule has 118 valence electrons. The Labute approximate surface area is 132 Å². The van der Waals surface area contributed by atoms with Crippen LogP contribution in [0.4, 0.5) is 0 Å². The number of halogens is 1. The van der Waals surface area contributed by atoms with Crippen LogP contribution in [0.15, 0.2) is 17.2 Å².